The van der Waals surface area contributed by atoms with Gasteiger partial charge in [-0.1, -0.05) is 0 Å². The molecule has 0 spiro atoms. The van der Waals surface area contributed by atoms with Crippen molar-refractivity contribution in [2.75, 3.05) is 7.11 Å². The standard InChI is InChI=1S/C7H6F2INO2/c1-13-7-4(6(8)9)5(10)3(12)2-11-7/h2,6,12H,1H3. The zero-order valence-electron chi connectivity index (χ0n) is 6.59. The second-order valence-corrected chi connectivity index (χ2v) is 3.26. The molecule has 1 N–H and O–H groups in total. The Morgan fingerprint density at radius 3 is 2.69 bits per heavy atom. The van der Waals surface area contributed by atoms with Crippen molar-refractivity contribution >= 4 is 22.6 Å². The molecule has 0 aromatic carbocycles. The maximum Gasteiger partial charge on any atom is 0.270 e. The van der Waals surface area contributed by atoms with Gasteiger partial charge in [-0.3, -0.25) is 0 Å². The van der Waals surface area contributed by atoms with Crippen LogP contribution in [0.15, 0.2) is 6.20 Å². The second kappa shape index (κ2) is 4.03. The maximum atomic E-state index is 12.4. The topological polar surface area (TPSA) is 42.4 Å². The number of nitrogens with zero attached hydrogens (tertiary/aromatic N) is 1. The molecule has 1 heterocycles. The summed E-state index contributed by atoms with van der Waals surface area (Å²) in [4.78, 5) is 3.52. The van der Waals surface area contributed by atoms with Gasteiger partial charge >= 0.3 is 0 Å². The third-order valence-corrected chi connectivity index (χ3v) is 2.54. The third-order valence-electron chi connectivity index (χ3n) is 1.41. The lowest BCUT2D eigenvalue weighted by atomic mass is 10.3. The minimum atomic E-state index is -2.71. The van der Waals surface area contributed by atoms with Crippen LogP contribution in [0.1, 0.15) is 12.0 Å². The maximum absolute atomic E-state index is 12.4. The molecule has 0 aliphatic carbocycles. The van der Waals surface area contributed by atoms with Crippen LogP contribution >= 0.6 is 22.6 Å². The first-order valence-electron chi connectivity index (χ1n) is 3.27. The molecule has 0 fully saturated rings. The normalized spacial score (nSPS) is 10.5. The Hall–Kier alpha value is -0.660. The summed E-state index contributed by atoms with van der Waals surface area (Å²) in [5.41, 5.74) is -0.372. The van der Waals surface area contributed by atoms with Gasteiger partial charge in [0.2, 0.25) is 5.88 Å². The van der Waals surface area contributed by atoms with Crippen molar-refractivity contribution in [3.8, 4) is 11.6 Å². The van der Waals surface area contributed by atoms with Gasteiger partial charge in [-0.25, -0.2) is 13.8 Å². The van der Waals surface area contributed by atoms with E-state index in [9.17, 15) is 8.78 Å². The minimum Gasteiger partial charge on any atom is -0.505 e. The highest BCUT2D eigenvalue weighted by atomic mass is 127. The van der Waals surface area contributed by atoms with Crippen LogP contribution in [0.4, 0.5) is 8.78 Å². The number of halogens is 3. The molecule has 0 aliphatic rings. The average Bonchev–Trinajstić information content (AvgIpc) is 2.08. The van der Waals surface area contributed by atoms with Gasteiger partial charge in [0.05, 0.1) is 22.4 Å². The number of hydrogen-bond acceptors (Lipinski definition) is 3. The molecule has 13 heavy (non-hydrogen) atoms. The summed E-state index contributed by atoms with van der Waals surface area (Å²) in [7, 11) is 1.25. The van der Waals surface area contributed by atoms with Crippen molar-refractivity contribution in [3.05, 3.63) is 15.3 Å². The van der Waals surface area contributed by atoms with Crippen LogP contribution in [0.25, 0.3) is 0 Å². The Morgan fingerprint density at radius 2 is 2.23 bits per heavy atom. The van der Waals surface area contributed by atoms with E-state index >= 15 is 0 Å². The highest BCUT2D eigenvalue weighted by Gasteiger charge is 2.21. The van der Waals surface area contributed by atoms with Crippen LogP contribution in [0.3, 0.4) is 0 Å². The minimum absolute atomic E-state index is 0.0689. The lowest BCUT2D eigenvalue weighted by molar-refractivity contribution is 0.144. The zero-order valence-corrected chi connectivity index (χ0v) is 8.75. The van der Waals surface area contributed by atoms with Crippen molar-refractivity contribution in [2.24, 2.45) is 0 Å². The fourth-order valence-corrected chi connectivity index (χ4v) is 1.44. The molecule has 0 saturated carbocycles. The van der Waals surface area contributed by atoms with Gasteiger partial charge in [0.1, 0.15) is 5.75 Å². The molecule has 1 aromatic heterocycles. The molecule has 0 bridgehead atoms. The SMILES string of the molecule is COc1ncc(O)c(I)c1C(F)F. The van der Waals surface area contributed by atoms with Crippen LogP contribution in [-0.2, 0) is 0 Å². The van der Waals surface area contributed by atoms with Crippen LogP contribution in [-0.4, -0.2) is 17.2 Å². The van der Waals surface area contributed by atoms with E-state index in [1.807, 2.05) is 0 Å². The summed E-state index contributed by atoms with van der Waals surface area (Å²) < 4.78 is 29.5. The van der Waals surface area contributed by atoms with Crippen molar-refractivity contribution in [3.63, 3.8) is 0 Å². The monoisotopic (exact) mass is 301 g/mol. The van der Waals surface area contributed by atoms with Gasteiger partial charge in [0, 0.05) is 0 Å². The fraction of sp³-hybridized carbons (Fsp3) is 0.286. The first kappa shape index (κ1) is 10.4. The average molecular weight is 301 g/mol. The van der Waals surface area contributed by atoms with Crippen molar-refractivity contribution in [1.29, 1.82) is 0 Å². The van der Waals surface area contributed by atoms with Gasteiger partial charge in [0.15, 0.2) is 0 Å². The molecule has 1 aromatic rings. The molecule has 0 radical (unpaired) electrons. The molecular weight excluding hydrogens is 295 g/mol. The van der Waals surface area contributed by atoms with Gasteiger partial charge < -0.3 is 9.84 Å². The quantitative estimate of drug-likeness (QED) is 0.853. The molecule has 0 atom stereocenters. The molecule has 72 valence electrons. The molecular formula is C7H6F2INO2. The highest BCUT2D eigenvalue weighted by molar-refractivity contribution is 14.1. The van der Waals surface area contributed by atoms with Crippen molar-refractivity contribution in [1.82, 2.24) is 4.98 Å². The van der Waals surface area contributed by atoms with E-state index in [0.717, 1.165) is 6.20 Å². The summed E-state index contributed by atoms with van der Waals surface area (Å²) in [5, 5.41) is 9.11. The third kappa shape index (κ3) is 1.98. The van der Waals surface area contributed by atoms with Gasteiger partial charge in [0.25, 0.3) is 6.43 Å². The summed E-state index contributed by atoms with van der Waals surface area (Å²) in [6, 6.07) is 0. The Balaban J connectivity index is 3.32. The van der Waals surface area contributed by atoms with E-state index < -0.39 is 6.43 Å². The van der Waals surface area contributed by atoms with Gasteiger partial charge in [-0.2, -0.15) is 0 Å². The summed E-state index contributed by atoms with van der Waals surface area (Å²) >= 11 is 1.62. The van der Waals surface area contributed by atoms with Crippen LogP contribution < -0.4 is 4.74 Å². The number of aromatic nitrogens is 1. The molecule has 6 heteroatoms. The Morgan fingerprint density at radius 1 is 1.62 bits per heavy atom. The van der Waals surface area contributed by atoms with E-state index in [4.69, 9.17) is 5.11 Å². The first-order valence-corrected chi connectivity index (χ1v) is 4.35. The van der Waals surface area contributed by atoms with Gasteiger partial charge in [-0.05, 0) is 22.6 Å². The molecule has 0 amide bonds. The smallest absolute Gasteiger partial charge is 0.270 e. The van der Waals surface area contributed by atoms with E-state index in [1.165, 1.54) is 7.11 Å². The molecule has 0 aliphatic heterocycles. The predicted octanol–water partition coefficient (Wildman–Crippen LogP) is 2.34. The number of methoxy groups -OCH3 is 1. The van der Waals surface area contributed by atoms with Crippen LogP contribution in [0.2, 0.25) is 0 Å². The van der Waals surface area contributed by atoms with Crippen molar-refractivity contribution in [2.45, 2.75) is 6.43 Å². The number of rotatable bonds is 2. The van der Waals surface area contributed by atoms with E-state index in [1.54, 1.807) is 22.6 Å². The highest BCUT2D eigenvalue weighted by Crippen LogP contribution is 2.35. The fourth-order valence-electron chi connectivity index (χ4n) is 0.830. The lowest BCUT2D eigenvalue weighted by Crippen LogP contribution is -1.98. The van der Waals surface area contributed by atoms with Gasteiger partial charge in [-0.15, -0.1) is 0 Å². The number of aromatic hydroxyl groups is 1. The number of ether oxygens (including phenoxy) is 1. The zero-order chi connectivity index (χ0) is 10.0. The van der Waals surface area contributed by atoms with Crippen LogP contribution in [0.5, 0.6) is 11.6 Å². The van der Waals surface area contributed by atoms with E-state index in [0.29, 0.717) is 0 Å². The largest absolute Gasteiger partial charge is 0.505 e. The summed E-state index contributed by atoms with van der Waals surface area (Å²) in [5.74, 6) is -0.422. The molecule has 0 saturated heterocycles. The van der Waals surface area contributed by atoms with Crippen LogP contribution in [0, 0.1) is 3.57 Å². The number of alkyl halides is 2. The Bertz CT molecular complexity index is 320. The Labute approximate surface area is 86.9 Å². The number of pyridine rings is 1. The Kier molecular flexibility index (Phi) is 3.23. The second-order valence-electron chi connectivity index (χ2n) is 2.18. The molecule has 1 rings (SSSR count). The van der Waals surface area contributed by atoms with E-state index in [2.05, 4.69) is 9.72 Å². The van der Waals surface area contributed by atoms with Crippen molar-refractivity contribution < 1.29 is 18.6 Å². The predicted molar refractivity (Wildman–Crippen MR) is 50.1 cm³/mol. The summed E-state index contributed by atoms with van der Waals surface area (Å²) in [6.45, 7) is 0. The lowest BCUT2D eigenvalue weighted by Gasteiger charge is -2.08. The molecule has 0 unspecified atom stereocenters. The summed E-state index contributed by atoms with van der Waals surface area (Å²) in [6.07, 6.45) is -1.63. The first-order chi connectivity index (χ1) is 6.07. The molecule has 3 nitrogen and oxygen atoms in total. The van der Waals surface area contributed by atoms with E-state index in [-0.39, 0.29) is 20.8 Å². The number of hydrogen-bond donors (Lipinski definition) is 1.